The second-order valence-corrected chi connectivity index (χ2v) is 1.91. The van der Waals surface area contributed by atoms with Crippen molar-refractivity contribution in [2.75, 3.05) is 0 Å². The molecule has 1 amide bonds. The van der Waals surface area contributed by atoms with Crippen LogP contribution in [0.3, 0.4) is 0 Å². The molecule has 0 spiro atoms. The Bertz CT molecular complexity index is 288. The van der Waals surface area contributed by atoms with Gasteiger partial charge in [0.2, 0.25) is 0 Å². The van der Waals surface area contributed by atoms with Crippen LogP contribution in [0, 0.1) is 5.39 Å². The van der Waals surface area contributed by atoms with Crippen molar-refractivity contribution in [3.63, 3.8) is 0 Å². The third-order valence-electron chi connectivity index (χ3n) is 1.19. The second kappa shape index (κ2) is 3.32. The number of nitrogens with zero attached hydrogens (tertiary/aromatic N) is 2. The number of nitrogens with one attached hydrogen (secondary N) is 1. The van der Waals surface area contributed by atoms with Gasteiger partial charge in [-0.25, -0.2) is 0 Å². The first-order chi connectivity index (χ1) is 5.34. The lowest BCUT2D eigenvalue weighted by atomic mass is 10.2. The molecule has 0 heterocycles. The normalized spacial score (nSPS) is 8.27. The number of rotatable bonds is 1. The molecule has 0 unspecified atom stereocenters. The molecule has 4 heteroatoms. The van der Waals surface area contributed by atoms with Crippen LogP contribution in [0.5, 0.6) is 0 Å². The van der Waals surface area contributed by atoms with Crippen LogP contribution >= 0.6 is 0 Å². The Kier molecular flexibility index (Phi) is 2.18. The molecule has 4 nitrogen and oxygen atoms in total. The van der Waals surface area contributed by atoms with E-state index in [1.54, 1.807) is 30.3 Å². The summed E-state index contributed by atoms with van der Waals surface area (Å²) in [6.07, 6.45) is 0. The van der Waals surface area contributed by atoms with E-state index in [9.17, 15) is 4.79 Å². The summed E-state index contributed by atoms with van der Waals surface area (Å²) in [4.78, 5) is 10.9. The van der Waals surface area contributed by atoms with E-state index in [0.717, 1.165) is 0 Å². The van der Waals surface area contributed by atoms with Gasteiger partial charge in [0.15, 0.2) is 0 Å². The molecule has 0 aliphatic rings. The molecule has 0 saturated heterocycles. The van der Waals surface area contributed by atoms with Crippen LogP contribution < -0.4 is 5.43 Å². The Morgan fingerprint density at radius 1 is 1.36 bits per heavy atom. The predicted molar refractivity (Wildman–Crippen MR) is 39.0 cm³/mol. The average Bonchev–Trinajstić information content (AvgIpc) is 2.07. The number of hydrogen-bond donors (Lipinski definition) is 1. The van der Waals surface area contributed by atoms with Crippen molar-refractivity contribution >= 4 is 5.91 Å². The standard InChI is InChI=1S/C7H5N3O/c8-10-9-7(11)6-4-2-1-3-5-6/h1-5H/p+1. The Balaban J connectivity index is 2.79. The molecule has 0 saturated carbocycles. The first-order valence-corrected chi connectivity index (χ1v) is 3.04. The lowest BCUT2D eigenvalue weighted by Crippen LogP contribution is -2.14. The van der Waals surface area contributed by atoms with Gasteiger partial charge in [0.05, 0.1) is 0 Å². The summed E-state index contributed by atoms with van der Waals surface area (Å²) >= 11 is 0. The topological polar surface area (TPSA) is 57.2 Å². The Morgan fingerprint density at radius 2 is 2.00 bits per heavy atom. The van der Waals surface area contributed by atoms with Gasteiger partial charge in [-0.15, -0.1) is 0 Å². The van der Waals surface area contributed by atoms with E-state index in [1.165, 1.54) is 0 Å². The highest BCUT2D eigenvalue weighted by atomic mass is 16.2. The van der Waals surface area contributed by atoms with E-state index in [-0.39, 0.29) is 0 Å². The van der Waals surface area contributed by atoms with Crippen molar-refractivity contribution in [1.29, 1.82) is 5.39 Å². The summed E-state index contributed by atoms with van der Waals surface area (Å²) in [5.74, 6) is -0.423. The van der Waals surface area contributed by atoms with E-state index in [4.69, 9.17) is 5.39 Å². The zero-order valence-corrected chi connectivity index (χ0v) is 5.69. The molecular weight excluding hydrogens is 142 g/mol. The fraction of sp³-hybridized carbons (Fsp3) is 0. The van der Waals surface area contributed by atoms with Crippen molar-refractivity contribution < 1.29 is 4.79 Å². The molecule has 0 fully saturated rings. The summed E-state index contributed by atoms with van der Waals surface area (Å²) in [5.41, 5.74) is 2.37. The number of benzene rings is 1. The molecule has 1 rings (SSSR count). The Labute approximate surface area is 63.4 Å². The Morgan fingerprint density at radius 3 is 2.55 bits per heavy atom. The van der Waals surface area contributed by atoms with Gasteiger partial charge in [-0.3, -0.25) is 4.79 Å². The molecule has 0 aliphatic carbocycles. The highest BCUT2D eigenvalue weighted by Crippen LogP contribution is 1.96. The number of carbonyl (C=O) groups is 1. The maximum atomic E-state index is 10.9. The number of carbonyl (C=O) groups excluding carboxylic acids is 1. The molecule has 0 aromatic heterocycles. The second-order valence-electron chi connectivity index (χ2n) is 1.91. The minimum absolute atomic E-state index is 0.423. The maximum Gasteiger partial charge on any atom is 0.325 e. The average molecular weight is 148 g/mol. The van der Waals surface area contributed by atoms with Crippen molar-refractivity contribution in [1.82, 2.24) is 5.43 Å². The number of amides is 1. The summed E-state index contributed by atoms with van der Waals surface area (Å²) in [7, 11) is 0. The minimum Gasteiger partial charge on any atom is -0.262 e. The quantitative estimate of drug-likeness (QED) is 0.480. The maximum absolute atomic E-state index is 10.9. The van der Waals surface area contributed by atoms with Crippen molar-refractivity contribution in [3.05, 3.63) is 41.0 Å². The molecule has 1 aromatic rings. The molecule has 0 aliphatic heterocycles. The summed E-state index contributed by atoms with van der Waals surface area (Å²) in [6.45, 7) is 0. The number of diazo groups is 1. The molecule has 0 radical (unpaired) electrons. The van der Waals surface area contributed by atoms with E-state index < -0.39 is 5.91 Å². The molecular formula is C7H6N3O+. The van der Waals surface area contributed by atoms with Crippen LogP contribution in [0.1, 0.15) is 10.4 Å². The number of hydrogen-bond acceptors (Lipinski definition) is 2. The summed E-state index contributed by atoms with van der Waals surface area (Å²) in [6, 6.07) is 8.51. The summed E-state index contributed by atoms with van der Waals surface area (Å²) < 4.78 is 0. The van der Waals surface area contributed by atoms with Gasteiger partial charge in [-0.2, -0.15) is 0 Å². The predicted octanol–water partition coefficient (Wildman–Crippen LogP) is 1.18. The Hall–Kier alpha value is -1.89. The first kappa shape index (κ1) is 7.22. The lowest BCUT2D eigenvalue weighted by molar-refractivity contribution is 0.0968. The fourth-order valence-corrected chi connectivity index (χ4v) is 0.699. The van der Waals surface area contributed by atoms with Crippen molar-refractivity contribution in [2.45, 2.75) is 0 Å². The van der Waals surface area contributed by atoms with Gasteiger partial charge in [0, 0.05) is 11.0 Å². The fourth-order valence-electron chi connectivity index (χ4n) is 0.699. The summed E-state index contributed by atoms with van der Waals surface area (Å²) in [5, 5.41) is 10.5. The molecule has 54 valence electrons. The first-order valence-electron chi connectivity index (χ1n) is 3.04. The molecule has 0 bridgehead atoms. The highest BCUT2D eigenvalue weighted by Gasteiger charge is 2.07. The minimum atomic E-state index is -0.423. The van der Waals surface area contributed by atoms with Crippen LogP contribution in [-0.2, 0) is 0 Å². The van der Waals surface area contributed by atoms with Gasteiger partial charge in [0.1, 0.15) is 0 Å². The molecule has 0 atom stereocenters. The molecule has 11 heavy (non-hydrogen) atoms. The monoisotopic (exact) mass is 148 g/mol. The van der Waals surface area contributed by atoms with Gasteiger partial charge < -0.3 is 0 Å². The van der Waals surface area contributed by atoms with Crippen molar-refractivity contribution in [3.8, 4) is 0 Å². The van der Waals surface area contributed by atoms with Gasteiger partial charge in [0.25, 0.3) is 5.39 Å². The smallest absolute Gasteiger partial charge is 0.262 e. The van der Waals surface area contributed by atoms with E-state index in [2.05, 4.69) is 5.08 Å². The SMILES string of the molecule is N#[N+]NC(=O)c1ccccc1. The van der Waals surface area contributed by atoms with Crippen LogP contribution in [0.4, 0.5) is 0 Å². The molecule has 1 aromatic carbocycles. The van der Waals surface area contributed by atoms with Crippen LogP contribution in [0.2, 0.25) is 0 Å². The largest absolute Gasteiger partial charge is 0.325 e. The highest BCUT2D eigenvalue weighted by molar-refractivity contribution is 5.94. The lowest BCUT2D eigenvalue weighted by Gasteiger charge is -1.88. The third-order valence-corrected chi connectivity index (χ3v) is 1.19. The van der Waals surface area contributed by atoms with Crippen molar-refractivity contribution in [2.24, 2.45) is 0 Å². The van der Waals surface area contributed by atoms with Crippen LogP contribution in [0.25, 0.3) is 5.08 Å². The van der Waals surface area contributed by atoms with Gasteiger partial charge in [-0.1, -0.05) is 18.2 Å². The zero-order chi connectivity index (χ0) is 8.10. The van der Waals surface area contributed by atoms with Gasteiger partial charge >= 0.3 is 11.0 Å². The third kappa shape index (κ3) is 1.76. The van der Waals surface area contributed by atoms with Gasteiger partial charge in [-0.05, 0) is 12.1 Å². The molecule has 1 N–H and O–H groups in total. The van der Waals surface area contributed by atoms with E-state index >= 15 is 0 Å². The van der Waals surface area contributed by atoms with Crippen LogP contribution in [0.15, 0.2) is 30.3 Å². The van der Waals surface area contributed by atoms with E-state index in [0.29, 0.717) is 5.56 Å². The van der Waals surface area contributed by atoms with E-state index in [1.807, 2.05) is 5.43 Å². The van der Waals surface area contributed by atoms with Crippen LogP contribution in [-0.4, -0.2) is 5.91 Å². The zero-order valence-electron chi connectivity index (χ0n) is 5.69.